The molecule has 3 rings (SSSR count). The number of hydrogen-bond donors (Lipinski definition) is 1. The number of nitrogens with one attached hydrogen (secondary N) is 1. The number of benzene rings is 2. The SMILES string of the molecule is CCN(CC)C(=O)[C@H](Sc1nnc(Nc2cccc(F)c2)s1)c1ccccc1. The summed E-state index contributed by atoms with van der Waals surface area (Å²) in [7, 11) is 0. The second kappa shape index (κ2) is 9.66. The molecular weight excluding hydrogens is 395 g/mol. The van der Waals surface area contributed by atoms with Gasteiger partial charge in [-0.15, -0.1) is 10.2 Å². The van der Waals surface area contributed by atoms with Gasteiger partial charge < -0.3 is 10.2 Å². The second-order valence-corrected chi connectivity index (χ2v) is 8.26. The minimum atomic E-state index is -0.393. The summed E-state index contributed by atoms with van der Waals surface area (Å²) in [6, 6.07) is 15.8. The van der Waals surface area contributed by atoms with Crippen LogP contribution in [0, 0.1) is 5.82 Å². The number of aromatic nitrogens is 2. The van der Waals surface area contributed by atoms with Crippen molar-refractivity contribution in [1.82, 2.24) is 15.1 Å². The van der Waals surface area contributed by atoms with Crippen LogP contribution in [-0.2, 0) is 4.79 Å². The van der Waals surface area contributed by atoms with E-state index < -0.39 is 5.25 Å². The highest BCUT2D eigenvalue weighted by atomic mass is 32.2. The highest BCUT2D eigenvalue weighted by Crippen LogP contribution is 2.39. The average Bonchev–Trinajstić information content (AvgIpc) is 3.14. The van der Waals surface area contributed by atoms with Crippen molar-refractivity contribution in [3.05, 3.63) is 66.0 Å². The summed E-state index contributed by atoms with van der Waals surface area (Å²) >= 11 is 2.72. The number of carbonyl (C=O) groups is 1. The number of rotatable bonds is 8. The lowest BCUT2D eigenvalue weighted by atomic mass is 10.1. The van der Waals surface area contributed by atoms with Gasteiger partial charge in [-0.25, -0.2) is 4.39 Å². The van der Waals surface area contributed by atoms with Crippen molar-refractivity contribution in [3.63, 3.8) is 0 Å². The fraction of sp³-hybridized carbons (Fsp3) is 0.250. The van der Waals surface area contributed by atoms with Gasteiger partial charge in [0.25, 0.3) is 0 Å². The Morgan fingerprint density at radius 3 is 2.57 bits per heavy atom. The second-order valence-electron chi connectivity index (χ2n) is 5.93. The molecule has 0 spiro atoms. The van der Waals surface area contributed by atoms with E-state index in [-0.39, 0.29) is 11.7 Å². The quantitative estimate of drug-likeness (QED) is 0.516. The molecule has 1 amide bonds. The van der Waals surface area contributed by atoms with Crippen LogP contribution >= 0.6 is 23.1 Å². The third kappa shape index (κ3) is 5.08. The predicted octanol–water partition coefficient (Wildman–Crippen LogP) is 5.12. The largest absolute Gasteiger partial charge is 0.342 e. The topological polar surface area (TPSA) is 58.1 Å². The Labute approximate surface area is 172 Å². The average molecular weight is 417 g/mol. The van der Waals surface area contributed by atoms with Crippen LogP contribution in [0.15, 0.2) is 58.9 Å². The summed E-state index contributed by atoms with van der Waals surface area (Å²) in [4.78, 5) is 14.9. The van der Waals surface area contributed by atoms with Gasteiger partial charge >= 0.3 is 0 Å². The van der Waals surface area contributed by atoms with Crippen molar-refractivity contribution < 1.29 is 9.18 Å². The maximum absolute atomic E-state index is 13.3. The van der Waals surface area contributed by atoms with Crippen molar-refractivity contribution >= 4 is 39.8 Å². The monoisotopic (exact) mass is 416 g/mol. The zero-order valence-electron chi connectivity index (χ0n) is 15.6. The van der Waals surface area contributed by atoms with Crippen molar-refractivity contribution in [1.29, 1.82) is 0 Å². The smallest absolute Gasteiger partial charge is 0.240 e. The van der Waals surface area contributed by atoms with Gasteiger partial charge in [-0.2, -0.15) is 0 Å². The van der Waals surface area contributed by atoms with Crippen LogP contribution in [0.3, 0.4) is 0 Å². The molecule has 0 radical (unpaired) electrons. The van der Waals surface area contributed by atoms with E-state index in [1.807, 2.05) is 49.1 Å². The maximum Gasteiger partial charge on any atom is 0.240 e. The van der Waals surface area contributed by atoms with Gasteiger partial charge in [0.1, 0.15) is 11.1 Å². The lowest BCUT2D eigenvalue weighted by molar-refractivity contribution is -0.130. The maximum atomic E-state index is 13.3. The van der Waals surface area contributed by atoms with Crippen LogP contribution < -0.4 is 5.32 Å². The Kier molecular flexibility index (Phi) is 7.00. The Bertz CT molecular complexity index is 915. The van der Waals surface area contributed by atoms with E-state index in [1.165, 1.54) is 35.2 Å². The minimum absolute atomic E-state index is 0.0519. The van der Waals surface area contributed by atoms with Crippen LogP contribution in [0.25, 0.3) is 0 Å². The number of anilines is 2. The number of likely N-dealkylation sites (N-methyl/N-ethyl adjacent to an activating group) is 1. The molecule has 146 valence electrons. The molecular formula is C20H21FN4OS2. The molecule has 8 heteroatoms. The summed E-state index contributed by atoms with van der Waals surface area (Å²) < 4.78 is 14.0. The molecule has 0 bridgehead atoms. The van der Waals surface area contributed by atoms with E-state index in [9.17, 15) is 9.18 Å². The van der Waals surface area contributed by atoms with Gasteiger partial charge in [0.05, 0.1) is 0 Å². The molecule has 3 aromatic rings. The molecule has 2 aromatic carbocycles. The zero-order chi connectivity index (χ0) is 19.9. The lowest BCUT2D eigenvalue weighted by Crippen LogP contribution is -2.33. The van der Waals surface area contributed by atoms with Crippen LogP contribution in [0.4, 0.5) is 15.2 Å². The third-order valence-electron chi connectivity index (χ3n) is 4.10. The molecule has 28 heavy (non-hydrogen) atoms. The number of amides is 1. The van der Waals surface area contributed by atoms with E-state index >= 15 is 0 Å². The molecule has 1 heterocycles. The highest BCUT2D eigenvalue weighted by Gasteiger charge is 2.27. The number of hydrogen-bond acceptors (Lipinski definition) is 6. The van der Waals surface area contributed by atoms with Crippen LogP contribution in [0.5, 0.6) is 0 Å². The van der Waals surface area contributed by atoms with E-state index in [0.717, 1.165) is 5.56 Å². The summed E-state index contributed by atoms with van der Waals surface area (Å²) in [6.07, 6.45) is 0. The molecule has 0 saturated heterocycles. The lowest BCUT2D eigenvalue weighted by Gasteiger charge is -2.24. The fourth-order valence-electron chi connectivity index (χ4n) is 2.69. The van der Waals surface area contributed by atoms with Gasteiger partial charge in [0, 0.05) is 18.8 Å². The van der Waals surface area contributed by atoms with E-state index in [1.54, 1.807) is 12.1 Å². The molecule has 0 aliphatic heterocycles. The summed E-state index contributed by atoms with van der Waals surface area (Å²) in [5.74, 6) is -0.269. The van der Waals surface area contributed by atoms with Crippen molar-refractivity contribution in [2.45, 2.75) is 23.4 Å². The summed E-state index contributed by atoms with van der Waals surface area (Å²) in [5, 5.41) is 11.5. The number of nitrogens with zero attached hydrogens (tertiary/aromatic N) is 3. The zero-order valence-corrected chi connectivity index (χ0v) is 17.3. The molecule has 0 aliphatic rings. The first-order chi connectivity index (χ1) is 13.6. The van der Waals surface area contributed by atoms with E-state index in [4.69, 9.17) is 0 Å². The van der Waals surface area contributed by atoms with E-state index in [2.05, 4.69) is 15.5 Å². The van der Waals surface area contributed by atoms with Gasteiger partial charge in [-0.3, -0.25) is 4.79 Å². The standard InChI is InChI=1S/C20H21FN4OS2/c1-3-25(4-2)18(26)17(14-9-6-5-7-10-14)27-20-24-23-19(28-20)22-16-12-8-11-15(21)13-16/h5-13,17H,3-4H2,1-2H3,(H,22,23)/t17-/m1/s1. The minimum Gasteiger partial charge on any atom is -0.342 e. The molecule has 1 atom stereocenters. The predicted molar refractivity (Wildman–Crippen MR) is 113 cm³/mol. The Morgan fingerprint density at radius 1 is 1.14 bits per heavy atom. The molecule has 5 nitrogen and oxygen atoms in total. The van der Waals surface area contributed by atoms with Crippen LogP contribution in [-0.4, -0.2) is 34.1 Å². The first-order valence-corrected chi connectivity index (χ1v) is 10.7. The van der Waals surface area contributed by atoms with Crippen molar-refractivity contribution in [2.24, 2.45) is 0 Å². The molecule has 0 saturated carbocycles. The molecule has 0 fully saturated rings. The molecule has 0 unspecified atom stereocenters. The fourth-order valence-corrected chi connectivity index (χ4v) is 4.74. The summed E-state index contributed by atoms with van der Waals surface area (Å²) in [5.41, 5.74) is 1.53. The van der Waals surface area contributed by atoms with Gasteiger partial charge in [0.2, 0.25) is 11.0 Å². The molecule has 1 aromatic heterocycles. The van der Waals surface area contributed by atoms with E-state index in [0.29, 0.717) is 28.2 Å². The Hall–Kier alpha value is -2.45. The van der Waals surface area contributed by atoms with Gasteiger partial charge in [-0.05, 0) is 37.6 Å². The first-order valence-electron chi connectivity index (χ1n) is 8.97. The highest BCUT2D eigenvalue weighted by molar-refractivity contribution is 8.01. The Morgan fingerprint density at radius 2 is 1.89 bits per heavy atom. The number of thioether (sulfide) groups is 1. The van der Waals surface area contributed by atoms with Crippen molar-refractivity contribution in [2.75, 3.05) is 18.4 Å². The number of carbonyl (C=O) groups excluding carboxylic acids is 1. The molecule has 1 N–H and O–H groups in total. The van der Waals surface area contributed by atoms with Crippen LogP contribution in [0.2, 0.25) is 0 Å². The number of halogens is 1. The van der Waals surface area contributed by atoms with Crippen molar-refractivity contribution in [3.8, 4) is 0 Å². The van der Waals surface area contributed by atoms with Gasteiger partial charge in [-0.1, -0.05) is 59.5 Å². The first kappa shape index (κ1) is 20.3. The van der Waals surface area contributed by atoms with Gasteiger partial charge in [0.15, 0.2) is 4.34 Å². The Balaban J connectivity index is 1.79. The summed E-state index contributed by atoms with van der Waals surface area (Å²) in [6.45, 7) is 5.25. The molecule has 0 aliphatic carbocycles. The van der Waals surface area contributed by atoms with Crippen LogP contribution in [0.1, 0.15) is 24.7 Å². The normalized spacial score (nSPS) is 11.8. The third-order valence-corrected chi connectivity index (χ3v) is 6.27.